The average molecular weight is 252 g/mol. The molecule has 0 aromatic carbocycles. The minimum Gasteiger partial charge on any atom is -0.352 e. The summed E-state index contributed by atoms with van der Waals surface area (Å²) in [5.74, 6) is -0.157. The molecule has 2 N–H and O–H groups in total. The van der Waals surface area contributed by atoms with Crippen LogP contribution in [0.1, 0.15) is 33.1 Å². The molecule has 0 radical (unpaired) electrons. The van der Waals surface area contributed by atoms with Crippen molar-refractivity contribution in [3.63, 3.8) is 0 Å². The van der Waals surface area contributed by atoms with Gasteiger partial charge in [-0.25, -0.2) is 0 Å². The van der Waals surface area contributed by atoms with Gasteiger partial charge in [0.25, 0.3) is 0 Å². The SMILES string of the molecule is CC(CC(F)(F)F)NC(=O)C1NCCCC1C. The van der Waals surface area contributed by atoms with Crippen LogP contribution in [0.2, 0.25) is 0 Å². The Balaban J connectivity index is 2.42. The van der Waals surface area contributed by atoms with Crippen molar-refractivity contribution in [2.24, 2.45) is 5.92 Å². The van der Waals surface area contributed by atoms with E-state index in [0.29, 0.717) is 0 Å². The van der Waals surface area contributed by atoms with Crippen LogP contribution in [0.4, 0.5) is 13.2 Å². The summed E-state index contributed by atoms with van der Waals surface area (Å²) >= 11 is 0. The number of rotatable bonds is 3. The van der Waals surface area contributed by atoms with Crippen molar-refractivity contribution in [3.05, 3.63) is 0 Å². The van der Waals surface area contributed by atoms with E-state index in [2.05, 4.69) is 10.6 Å². The summed E-state index contributed by atoms with van der Waals surface area (Å²) in [5, 5.41) is 5.46. The Morgan fingerprint density at radius 1 is 1.53 bits per heavy atom. The van der Waals surface area contributed by atoms with Crippen LogP contribution < -0.4 is 10.6 Å². The number of carbonyl (C=O) groups excluding carboxylic acids is 1. The van der Waals surface area contributed by atoms with E-state index in [-0.39, 0.29) is 17.9 Å². The highest BCUT2D eigenvalue weighted by Gasteiger charge is 2.33. The largest absolute Gasteiger partial charge is 0.391 e. The normalized spacial score (nSPS) is 27.6. The lowest BCUT2D eigenvalue weighted by atomic mass is 9.92. The molecule has 100 valence electrons. The summed E-state index contributed by atoms with van der Waals surface area (Å²) in [6, 6.07) is -1.24. The molecule has 0 spiro atoms. The lowest BCUT2D eigenvalue weighted by Gasteiger charge is -2.30. The second-order valence-electron chi connectivity index (χ2n) is 4.78. The third kappa shape index (κ3) is 4.93. The fourth-order valence-electron chi connectivity index (χ4n) is 2.13. The van der Waals surface area contributed by atoms with E-state index in [1.807, 2.05) is 6.92 Å². The number of amides is 1. The maximum atomic E-state index is 12.1. The van der Waals surface area contributed by atoms with Gasteiger partial charge in [0.15, 0.2) is 0 Å². The predicted molar refractivity (Wildman–Crippen MR) is 58.5 cm³/mol. The topological polar surface area (TPSA) is 41.1 Å². The van der Waals surface area contributed by atoms with E-state index in [9.17, 15) is 18.0 Å². The van der Waals surface area contributed by atoms with Gasteiger partial charge < -0.3 is 10.6 Å². The van der Waals surface area contributed by atoms with E-state index in [4.69, 9.17) is 0 Å². The van der Waals surface area contributed by atoms with Crippen LogP contribution in [0.5, 0.6) is 0 Å². The fraction of sp³-hybridized carbons (Fsp3) is 0.909. The number of piperidine rings is 1. The molecule has 1 fully saturated rings. The molecule has 0 aliphatic carbocycles. The molecule has 1 heterocycles. The Morgan fingerprint density at radius 2 is 2.18 bits per heavy atom. The Hall–Kier alpha value is -0.780. The van der Waals surface area contributed by atoms with E-state index in [1.165, 1.54) is 6.92 Å². The van der Waals surface area contributed by atoms with Crippen molar-refractivity contribution in [2.45, 2.75) is 51.4 Å². The summed E-state index contributed by atoms with van der Waals surface area (Å²) < 4.78 is 36.3. The van der Waals surface area contributed by atoms with Crippen molar-refractivity contribution >= 4 is 5.91 Å². The zero-order valence-electron chi connectivity index (χ0n) is 10.1. The summed E-state index contributed by atoms with van der Waals surface area (Å²) in [5.41, 5.74) is 0. The molecule has 3 nitrogen and oxygen atoms in total. The van der Waals surface area contributed by atoms with Gasteiger partial charge >= 0.3 is 6.18 Å². The Morgan fingerprint density at radius 3 is 2.71 bits per heavy atom. The number of hydrogen-bond donors (Lipinski definition) is 2. The second-order valence-corrected chi connectivity index (χ2v) is 4.78. The van der Waals surface area contributed by atoms with Crippen LogP contribution in [-0.4, -0.2) is 30.7 Å². The molecule has 1 amide bonds. The first-order chi connectivity index (χ1) is 7.79. The molecule has 0 aromatic heterocycles. The van der Waals surface area contributed by atoms with Crippen molar-refractivity contribution in [3.8, 4) is 0 Å². The van der Waals surface area contributed by atoms with Gasteiger partial charge in [-0.05, 0) is 32.2 Å². The molecule has 0 saturated carbocycles. The first-order valence-electron chi connectivity index (χ1n) is 5.90. The first-order valence-corrected chi connectivity index (χ1v) is 5.90. The molecule has 1 aliphatic heterocycles. The third-order valence-electron chi connectivity index (χ3n) is 2.98. The molecule has 3 unspecified atom stereocenters. The lowest BCUT2D eigenvalue weighted by molar-refractivity contribution is -0.142. The third-order valence-corrected chi connectivity index (χ3v) is 2.98. The Labute approximate surface area is 99.1 Å². The summed E-state index contributed by atoms with van der Waals surface area (Å²) in [6.07, 6.45) is -3.29. The van der Waals surface area contributed by atoms with Gasteiger partial charge in [-0.1, -0.05) is 6.92 Å². The minimum absolute atomic E-state index is 0.168. The van der Waals surface area contributed by atoms with E-state index >= 15 is 0 Å². The summed E-state index contributed by atoms with van der Waals surface area (Å²) in [4.78, 5) is 11.8. The molecule has 1 rings (SSSR count). The fourth-order valence-corrected chi connectivity index (χ4v) is 2.13. The monoisotopic (exact) mass is 252 g/mol. The highest BCUT2D eigenvalue weighted by Crippen LogP contribution is 2.22. The number of halogens is 3. The zero-order valence-corrected chi connectivity index (χ0v) is 10.1. The van der Waals surface area contributed by atoms with Crippen LogP contribution in [0.15, 0.2) is 0 Å². The van der Waals surface area contributed by atoms with E-state index in [0.717, 1.165) is 19.4 Å². The highest BCUT2D eigenvalue weighted by molar-refractivity contribution is 5.82. The minimum atomic E-state index is -4.24. The molecule has 0 bridgehead atoms. The van der Waals surface area contributed by atoms with Crippen molar-refractivity contribution in [1.29, 1.82) is 0 Å². The van der Waals surface area contributed by atoms with E-state index < -0.39 is 18.6 Å². The van der Waals surface area contributed by atoms with Gasteiger partial charge in [0.2, 0.25) is 5.91 Å². The molecule has 1 saturated heterocycles. The first kappa shape index (κ1) is 14.3. The van der Waals surface area contributed by atoms with Gasteiger partial charge in [0.1, 0.15) is 0 Å². The van der Waals surface area contributed by atoms with Crippen molar-refractivity contribution < 1.29 is 18.0 Å². The molecule has 0 aromatic rings. The standard InChI is InChI=1S/C11H19F3N2O/c1-7-4-3-5-15-9(7)10(17)16-8(2)6-11(12,13)14/h7-9,15H,3-6H2,1-2H3,(H,16,17). The van der Waals surface area contributed by atoms with Gasteiger partial charge in [-0.2, -0.15) is 13.2 Å². The average Bonchev–Trinajstić information content (AvgIpc) is 2.14. The second kappa shape index (κ2) is 5.71. The molecular weight excluding hydrogens is 233 g/mol. The van der Waals surface area contributed by atoms with Crippen molar-refractivity contribution in [2.75, 3.05) is 6.54 Å². The molecule has 1 aliphatic rings. The van der Waals surface area contributed by atoms with Gasteiger partial charge in [-0.15, -0.1) is 0 Å². The quantitative estimate of drug-likeness (QED) is 0.804. The maximum absolute atomic E-state index is 12.1. The summed E-state index contributed by atoms with van der Waals surface area (Å²) in [6.45, 7) is 4.06. The number of carbonyl (C=O) groups is 1. The van der Waals surface area contributed by atoms with E-state index in [1.54, 1.807) is 0 Å². The van der Waals surface area contributed by atoms with Crippen LogP contribution in [-0.2, 0) is 4.79 Å². The van der Waals surface area contributed by atoms with Crippen molar-refractivity contribution in [1.82, 2.24) is 10.6 Å². The number of nitrogens with one attached hydrogen (secondary N) is 2. The number of hydrogen-bond acceptors (Lipinski definition) is 2. The highest BCUT2D eigenvalue weighted by atomic mass is 19.4. The lowest BCUT2D eigenvalue weighted by Crippen LogP contribution is -2.53. The smallest absolute Gasteiger partial charge is 0.352 e. The molecule has 3 atom stereocenters. The van der Waals surface area contributed by atoms with Gasteiger partial charge in [-0.3, -0.25) is 4.79 Å². The summed E-state index contributed by atoms with van der Waals surface area (Å²) in [7, 11) is 0. The van der Waals surface area contributed by atoms with Crippen LogP contribution in [0, 0.1) is 5.92 Å². The van der Waals surface area contributed by atoms with Gasteiger partial charge in [0, 0.05) is 6.04 Å². The Kier molecular flexibility index (Phi) is 4.80. The Bertz CT molecular complexity index is 268. The molecular formula is C11H19F3N2O. The maximum Gasteiger partial charge on any atom is 0.391 e. The van der Waals surface area contributed by atoms with Crippen LogP contribution in [0.25, 0.3) is 0 Å². The zero-order chi connectivity index (χ0) is 13.1. The predicted octanol–water partition coefficient (Wildman–Crippen LogP) is 1.83. The van der Waals surface area contributed by atoms with Crippen LogP contribution >= 0.6 is 0 Å². The molecule has 6 heteroatoms. The number of alkyl halides is 3. The molecule has 17 heavy (non-hydrogen) atoms. The van der Waals surface area contributed by atoms with Gasteiger partial charge in [0.05, 0.1) is 12.5 Å². The van der Waals surface area contributed by atoms with Crippen LogP contribution in [0.3, 0.4) is 0 Å².